The van der Waals surface area contributed by atoms with Gasteiger partial charge in [-0.15, -0.1) is 0 Å². The standard InChI is InChI=1S/C23H29ClN2O3/c1-16-12-20(13-17(2)23(16)24)29-15-22(27)25-14-21(26-10-4-5-11-26)18-6-8-19(28-3)9-7-18/h6-9,12-13,21H,4-5,10-11,14-15H2,1-3H3,(H,25,27)/t21-/m1/s1. The van der Waals surface area contributed by atoms with Crippen LogP contribution in [0.1, 0.15) is 35.6 Å². The molecule has 1 saturated heterocycles. The van der Waals surface area contributed by atoms with E-state index >= 15 is 0 Å². The van der Waals surface area contributed by atoms with Crippen LogP contribution in [0.5, 0.6) is 11.5 Å². The van der Waals surface area contributed by atoms with E-state index in [2.05, 4.69) is 22.3 Å². The van der Waals surface area contributed by atoms with Crippen molar-refractivity contribution in [3.8, 4) is 11.5 Å². The molecule has 0 bridgehead atoms. The molecule has 1 heterocycles. The lowest BCUT2D eigenvalue weighted by atomic mass is 10.1. The van der Waals surface area contributed by atoms with Crippen LogP contribution in [0.4, 0.5) is 0 Å². The van der Waals surface area contributed by atoms with E-state index in [0.717, 1.165) is 35.0 Å². The molecule has 3 rings (SSSR count). The summed E-state index contributed by atoms with van der Waals surface area (Å²) in [6.07, 6.45) is 2.39. The number of benzene rings is 2. The quantitative estimate of drug-likeness (QED) is 0.697. The minimum Gasteiger partial charge on any atom is -0.497 e. The fraction of sp³-hybridized carbons (Fsp3) is 0.435. The number of ether oxygens (including phenoxy) is 2. The third-order valence-electron chi connectivity index (χ3n) is 5.35. The van der Waals surface area contributed by atoms with Crippen LogP contribution in [0.25, 0.3) is 0 Å². The molecule has 0 unspecified atom stereocenters. The number of halogens is 1. The first-order valence-electron chi connectivity index (χ1n) is 10.0. The monoisotopic (exact) mass is 416 g/mol. The summed E-state index contributed by atoms with van der Waals surface area (Å²) >= 11 is 6.19. The lowest BCUT2D eigenvalue weighted by Gasteiger charge is -2.28. The highest BCUT2D eigenvalue weighted by molar-refractivity contribution is 6.32. The van der Waals surface area contributed by atoms with Gasteiger partial charge in [0.05, 0.1) is 13.2 Å². The summed E-state index contributed by atoms with van der Waals surface area (Å²) in [5, 5.41) is 3.77. The lowest BCUT2D eigenvalue weighted by Crippen LogP contribution is -2.38. The lowest BCUT2D eigenvalue weighted by molar-refractivity contribution is -0.123. The van der Waals surface area contributed by atoms with Crippen molar-refractivity contribution in [1.82, 2.24) is 10.2 Å². The highest BCUT2D eigenvalue weighted by Gasteiger charge is 2.24. The summed E-state index contributed by atoms with van der Waals surface area (Å²) in [7, 11) is 1.66. The van der Waals surface area contributed by atoms with Crippen molar-refractivity contribution in [2.24, 2.45) is 0 Å². The molecule has 2 aromatic carbocycles. The molecule has 5 nitrogen and oxygen atoms in total. The molecule has 1 amide bonds. The van der Waals surface area contributed by atoms with E-state index in [-0.39, 0.29) is 18.6 Å². The van der Waals surface area contributed by atoms with Gasteiger partial charge in [-0.25, -0.2) is 0 Å². The van der Waals surface area contributed by atoms with Gasteiger partial charge >= 0.3 is 0 Å². The predicted octanol–water partition coefficient (Wildman–Crippen LogP) is 4.30. The van der Waals surface area contributed by atoms with Crippen molar-refractivity contribution >= 4 is 17.5 Å². The summed E-state index contributed by atoms with van der Waals surface area (Å²) in [6, 6.07) is 11.9. The number of carbonyl (C=O) groups is 1. The van der Waals surface area contributed by atoms with Crippen LogP contribution in [-0.4, -0.2) is 44.2 Å². The van der Waals surface area contributed by atoms with Crippen LogP contribution in [0.3, 0.4) is 0 Å². The number of rotatable bonds is 8. The van der Waals surface area contributed by atoms with E-state index in [1.54, 1.807) is 7.11 Å². The molecule has 1 fully saturated rings. The van der Waals surface area contributed by atoms with Gasteiger partial charge in [-0.05, 0) is 80.7 Å². The van der Waals surface area contributed by atoms with Gasteiger partial charge in [-0.2, -0.15) is 0 Å². The van der Waals surface area contributed by atoms with Gasteiger partial charge < -0.3 is 14.8 Å². The van der Waals surface area contributed by atoms with E-state index < -0.39 is 0 Å². The molecule has 1 aliphatic heterocycles. The Morgan fingerprint density at radius 3 is 2.31 bits per heavy atom. The Bertz CT molecular complexity index is 810. The van der Waals surface area contributed by atoms with Crippen molar-refractivity contribution in [2.75, 3.05) is 33.4 Å². The zero-order valence-electron chi connectivity index (χ0n) is 17.3. The SMILES string of the molecule is COc1ccc([C@@H](CNC(=O)COc2cc(C)c(Cl)c(C)c2)N2CCCC2)cc1. The summed E-state index contributed by atoms with van der Waals surface area (Å²) in [5.41, 5.74) is 3.06. The molecule has 0 aromatic heterocycles. The van der Waals surface area contributed by atoms with Gasteiger partial charge in [0.25, 0.3) is 5.91 Å². The first-order valence-corrected chi connectivity index (χ1v) is 10.4. The molecule has 0 aliphatic carbocycles. The van der Waals surface area contributed by atoms with E-state index in [1.807, 2.05) is 38.1 Å². The minimum absolute atomic E-state index is 0.0180. The number of methoxy groups -OCH3 is 1. The summed E-state index contributed by atoms with van der Waals surface area (Å²) in [4.78, 5) is 14.8. The Morgan fingerprint density at radius 1 is 1.10 bits per heavy atom. The number of nitrogens with zero attached hydrogens (tertiary/aromatic N) is 1. The molecule has 156 valence electrons. The normalized spacial score (nSPS) is 15.2. The van der Waals surface area contributed by atoms with Crippen LogP contribution in [0.15, 0.2) is 36.4 Å². The zero-order chi connectivity index (χ0) is 20.8. The fourth-order valence-corrected chi connectivity index (χ4v) is 3.85. The Labute approximate surface area is 177 Å². The number of hydrogen-bond acceptors (Lipinski definition) is 4. The highest BCUT2D eigenvalue weighted by atomic mass is 35.5. The Hall–Kier alpha value is -2.24. The van der Waals surface area contributed by atoms with Crippen molar-refractivity contribution in [1.29, 1.82) is 0 Å². The van der Waals surface area contributed by atoms with Gasteiger partial charge in [0.15, 0.2) is 6.61 Å². The average Bonchev–Trinajstić information content (AvgIpc) is 3.25. The molecule has 0 spiro atoms. The molecule has 1 N–H and O–H groups in total. The third kappa shape index (κ3) is 5.64. The molecule has 29 heavy (non-hydrogen) atoms. The summed E-state index contributed by atoms with van der Waals surface area (Å²) < 4.78 is 10.9. The highest BCUT2D eigenvalue weighted by Crippen LogP contribution is 2.27. The van der Waals surface area contributed by atoms with Gasteiger partial charge in [0, 0.05) is 11.6 Å². The maximum Gasteiger partial charge on any atom is 0.258 e. The van der Waals surface area contributed by atoms with Crippen LogP contribution < -0.4 is 14.8 Å². The molecule has 6 heteroatoms. The fourth-order valence-electron chi connectivity index (χ4n) is 3.74. The van der Waals surface area contributed by atoms with E-state index in [1.165, 1.54) is 18.4 Å². The number of nitrogens with one attached hydrogen (secondary N) is 1. The second-order valence-corrected chi connectivity index (χ2v) is 7.87. The van der Waals surface area contributed by atoms with Crippen molar-refractivity contribution in [2.45, 2.75) is 32.7 Å². The van der Waals surface area contributed by atoms with Crippen molar-refractivity contribution < 1.29 is 14.3 Å². The summed E-state index contributed by atoms with van der Waals surface area (Å²) in [6.45, 7) is 6.48. The first-order chi connectivity index (χ1) is 14.0. The average molecular weight is 417 g/mol. The molecule has 1 atom stereocenters. The van der Waals surface area contributed by atoms with Crippen molar-refractivity contribution in [3.05, 3.63) is 58.1 Å². The predicted molar refractivity (Wildman–Crippen MR) is 116 cm³/mol. The second kappa shape index (κ2) is 9.99. The Morgan fingerprint density at radius 2 is 1.72 bits per heavy atom. The minimum atomic E-state index is -0.132. The van der Waals surface area contributed by atoms with Crippen molar-refractivity contribution in [3.63, 3.8) is 0 Å². The van der Waals surface area contributed by atoms with Gasteiger partial charge in [0.2, 0.25) is 0 Å². The van der Waals surface area contributed by atoms with Gasteiger partial charge in [0.1, 0.15) is 11.5 Å². The van der Waals surface area contributed by atoms with E-state index in [4.69, 9.17) is 21.1 Å². The van der Waals surface area contributed by atoms with Crippen LogP contribution >= 0.6 is 11.6 Å². The molecule has 0 radical (unpaired) electrons. The van der Waals surface area contributed by atoms with E-state index in [0.29, 0.717) is 12.3 Å². The van der Waals surface area contributed by atoms with Crippen LogP contribution in [-0.2, 0) is 4.79 Å². The number of likely N-dealkylation sites (tertiary alicyclic amines) is 1. The number of hydrogen-bond donors (Lipinski definition) is 1. The van der Waals surface area contributed by atoms with Crippen LogP contribution in [0, 0.1) is 13.8 Å². The number of carbonyl (C=O) groups excluding carboxylic acids is 1. The van der Waals surface area contributed by atoms with Crippen LogP contribution in [0.2, 0.25) is 5.02 Å². The molecule has 2 aromatic rings. The smallest absolute Gasteiger partial charge is 0.258 e. The van der Waals surface area contributed by atoms with Gasteiger partial charge in [-0.3, -0.25) is 9.69 Å². The number of amides is 1. The maximum atomic E-state index is 12.4. The molecule has 1 aliphatic rings. The molecular weight excluding hydrogens is 388 g/mol. The second-order valence-electron chi connectivity index (χ2n) is 7.50. The largest absolute Gasteiger partial charge is 0.497 e. The topological polar surface area (TPSA) is 50.8 Å². The molecule has 0 saturated carbocycles. The summed E-state index contributed by atoms with van der Waals surface area (Å²) in [5.74, 6) is 1.36. The van der Waals surface area contributed by atoms with E-state index in [9.17, 15) is 4.79 Å². The Kier molecular flexibility index (Phi) is 7.40. The Balaban J connectivity index is 1.59. The third-order valence-corrected chi connectivity index (χ3v) is 5.95. The number of aryl methyl sites for hydroxylation is 2. The maximum absolute atomic E-state index is 12.4. The van der Waals surface area contributed by atoms with Gasteiger partial charge in [-0.1, -0.05) is 23.7 Å². The first kappa shape index (κ1) is 21.5. The zero-order valence-corrected chi connectivity index (χ0v) is 18.1. The molecular formula is C23H29ClN2O3.